The Hall–Kier alpha value is -1.18. The van der Waals surface area contributed by atoms with Crippen LogP contribution in [0.5, 0.6) is 0 Å². The molecule has 0 aromatic carbocycles. The standard InChI is InChI=1S/C16H28O7/c1-9(2)5-13(17)21-8-12-16(20)11(7-15(19)23-12)22-14(18)6-10(3)4/h9-12,15-16,19-20H,5-8H2,1-4H3/t11-,12-,15+,16+/m1/s1. The van der Waals surface area contributed by atoms with Gasteiger partial charge in [0.15, 0.2) is 6.29 Å². The number of carbonyl (C=O) groups is 2. The van der Waals surface area contributed by atoms with Gasteiger partial charge in [-0.15, -0.1) is 0 Å². The van der Waals surface area contributed by atoms with E-state index in [1.807, 2.05) is 27.7 Å². The van der Waals surface area contributed by atoms with Gasteiger partial charge in [-0.2, -0.15) is 0 Å². The fourth-order valence-electron chi connectivity index (χ4n) is 2.29. The highest BCUT2D eigenvalue weighted by Gasteiger charge is 2.40. The number of rotatable bonds is 7. The second-order valence-electron chi connectivity index (χ2n) is 6.76. The molecule has 0 aliphatic carbocycles. The minimum Gasteiger partial charge on any atom is -0.463 e. The van der Waals surface area contributed by atoms with Gasteiger partial charge in [0.1, 0.15) is 24.9 Å². The molecule has 1 aliphatic rings. The van der Waals surface area contributed by atoms with Gasteiger partial charge in [0, 0.05) is 19.3 Å². The quantitative estimate of drug-likeness (QED) is 0.671. The van der Waals surface area contributed by atoms with Crippen molar-refractivity contribution < 1.29 is 34.0 Å². The Morgan fingerprint density at radius 2 is 1.65 bits per heavy atom. The van der Waals surface area contributed by atoms with Crippen LogP contribution in [0.3, 0.4) is 0 Å². The molecule has 0 bridgehead atoms. The molecule has 0 amide bonds. The maximum atomic E-state index is 11.7. The molecule has 2 N–H and O–H groups in total. The summed E-state index contributed by atoms with van der Waals surface area (Å²) < 4.78 is 15.5. The Labute approximate surface area is 136 Å². The lowest BCUT2D eigenvalue weighted by Gasteiger charge is -2.36. The molecule has 1 saturated heterocycles. The summed E-state index contributed by atoms with van der Waals surface area (Å²) in [7, 11) is 0. The summed E-state index contributed by atoms with van der Waals surface area (Å²) in [4.78, 5) is 23.3. The van der Waals surface area contributed by atoms with Crippen LogP contribution in [0, 0.1) is 11.8 Å². The van der Waals surface area contributed by atoms with Gasteiger partial charge in [0.25, 0.3) is 0 Å². The van der Waals surface area contributed by atoms with Crippen LogP contribution in [0.25, 0.3) is 0 Å². The molecule has 7 heteroatoms. The molecule has 7 nitrogen and oxygen atoms in total. The van der Waals surface area contributed by atoms with Crippen LogP contribution in [0.4, 0.5) is 0 Å². The summed E-state index contributed by atoms with van der Waals surface area (Å²) in [6.45, 7) is 7.35. The fourth-order valence-corrected chi connectivity index (χ4v) is 2.29. The third-order valence-corrected chi connectivity index (χ3v) is 3.37. The summed E-state index contributed by atoms with van der Waals surface area (Å²) in [6, 6.07) is 0. The molecule has 0 aromatic rings. The van der Waals surface area contributed by atoms with E-state index in [0.29, 0.717) is 0 Å². The molecule has 0 saturated carbocycles. The first-order valence-electron chi connectivity index (χ1n) is 8.05. The molecule has 0 spiro atoms. The van der Waals surface area contributed by atoms with E-state index >= 15 is 0 Å². The lowest BCUT2D eigenvalue weighted by atomic mass is 10.0. The molecular formula is C16H28O7. The summed E-state index contributed by atoms with van der Waals surface area (Å²) in [6.07, 6.45) is -3.65. The van der Waals surface area contributed by atoms with Crippen molar-refractivity contribution >= 4 is 11.9 Å². The number of hydrogen-bond acceptors (Lipinski definition) is 7. The molecule has 0 unspecified atom stereocenters. The molecule has 1 aliphatic heterocycles. The number of esters is 2. The second kappa shape index (κ2) is 9.20. The SMILES string of the molecule is CC(C)CC(=O)OC[C@H]1O[C@H](O)C[C@@H](OC(=O)CC(C)C)[C@@H]1O. The number of aliphatic hydroxyl groups is 2. The van der Waals surface area contributed by atoms with Crippen molar-refractivity contribution in [3.05, 3.63) is 0 Å². The van der Waals surface area contributed by atoms with Crippen LogP contribution >= 0.6 is 0 Å². The third kappa shape index (κ3) is 7.28. The van der Waals surface area contributed by atoms with E-state index in [-0.39, 0.29) is 37.7 Å². The number of hydrogen-bond donors (Lipinski definition) is 2. The largest absolute Gasteiger partial charge is 0.463 e. The van der Waals surface area contributed by atoms with Crippen LogP contribution in [0.1, 0.15) is 47.0 Å². The van der Waals surface area contributed by atoms with Crippen LogP contribution < -0.4 is 0 Å². The lowest BCUT2D eigenvalue weighted by molar-refractivity contribution is -0.247. The van der Waals surface area contributed by atoms with Gasteiger partial charge < -0.3 is 24.4 Å². The summed E-state index contributed by atoms with van der Waals surface area (Å²) in [5.41, 5.74) is 0. The van der Waals surface area contributed by atoms with E-state index in [0.717, 1.165) is 0 Å². The first-order chi connectivity index (χ1) is 10.7. The first-order valence-corrected chi connectivity index (χ1v) is 8.05. The van der Waals surface area contributed by atoms with E-state index in [1.54, 1.807) is 0 Å². The zero-order valence-electron chi connectivity index (χ0n) is 14.2. The summed E-state index contributed by atoms with van der Waals surface area (Å²) in [5, 5.41) is 19.9. The Bertz CT molecular complexity index is 394. The number of aliphatic hydroxyl groups excluding tert-OH is 2. The zero-order valence-corrected chi connectivity index (χ0v) is 14.2. The number of ether oxygens (including phenoxy) is 3. The van der Waals surface area contributed by atoms with Gasteiger partial charge in [-0.05, 0) is 11.8 Å². The van der Waals surface area contributed by atoms with E-state index in [2.05, 4.69) is 0 Å². The molecule has 1 fully saturated rings. The smallest absolute Gasteiger partial charge is 0.306 e. The van der Waals surface area contributed by atoms with E-state index in [9.17, 15) is 19.8 Å². The van der Waals surface area contributed by atoms with E-state index in [4.69, 9.17) is 14.2 Å². The highest BCUT2D eigenvalue weighted by Crippen LogP contribution is 2.23. The number of carbonyl (C=O) groups excluding carboxylic acids is 2. The van der Waals surface area contributed by atoms with Gasteiger partial charge in [-0.25, -0.2) is 0 Å². The summed E-state index contributed by atoms with van der Waals surface area (Å²) >= 11 is 0. The predicted molar refractivity (Wildman–Crippen MR) is 81.3 cm³/mol. The zero-order chi connectivity index (χ0) is 17.6. The van der Waals surface area contributed by atoms with E-state index in [1.165, 1.54) is 0 Å². The van der Waals surface area contributed by atoms with Gasteiger partial charge in [-0.3, -0.25) is 9.59 Å². The molecular weight excluding hydrogens is 304 g/mol. The molecule has 0 aromatic heterocycles. The van der Waals surface area contributed by atoms with Crippen molar-refractivity contribution in [2.75, 3.05) is 6.61 Å². The fraction of sp³-hybridized carbons (Fsp3) is 0.875. The first kappa shape index (κ1) is 19.9. The lowest BCUT2D eigenvalue weighted by Crippen LogP contribution is -2.52. The molecule has 0 radical (unpaired) electrons. The summed E-state index contributed by atoms with van der Waals surface area (Å²) in [5.74, 6) is -0.537. The van der Waals surface area contributed by atoms with Crippen molar-refractivity contribution in [2.45, 2.75) is 71.6 Å². The Kier molecular flexibility index (Phi) is 7.94. The molecule has 23 heavy (non-hydrogen) atoms. The van der Waals surface area contributed by atoms with Crippen LogP contribution in [-0.2, 0) is 23.8 Å². The Morgan fingerprint density at radius 3 is 2.22 bits per heavy atom. The topological polar surface area (TPSA) is 102 Å². The monoisotopic (exact) mass is 332 g/mol. The molecule has 4 atom stereocenters. The van der Waals surface area contributed by atoms with Crippen molar-refractivity contribution in [1.29, 1.82) is 0 Å². The average Bonchev–Trinajstić information content (AvgIpc) is 2.39. The van der Waals surface area contributed by atoms with Crippen molar-refractivity contribution in [1.82, 2.24) is 0 Å². The van der Waals surface area contributed by atoms with Gasteiger partial charge in [0.05, 0.1) is 0 Å². The average molecular weight is 332 g/mol. The Morgan fingerprint density at radius 1 is 1.09 bits per heavy atom. The second-order valence-corrected chi connectivity index (χ2v) is 6.76. The van der Waals surface area contributed by atoms with Crippen LogP contribution in [-0.4, -0.2) is 53.4 Å². The molecule has 1 heterocycles. The predicted octanol–water partition coefficient (Wildman–Crippen LogP) is 1.00. The van der Waals surface area contributed by atoms with Crippen LogP contribution in [0.15, 0.2) is 0 Å². The van der Waals surface area contributed by atoms with Gasteiger partial charge in [0.2, 0.25) is 0 Å². The highest BCUT2D eigenvalue weighted by molar-refractivity contribution is 5.70. The Balaban J connectivity index is 2.53. The van der Waals surface area contributed by atoms with Crippen molar-refractivity contribution in [2.24, 2.45) is 11.8 Å². The van der Waals surface area contributed by atoms with Crippen LogP contribution in [0.2, 0.25) is 0 Å². The molecule has 134 valence electrons. The van der Waals surface area contributed by atoms with Crippen molar-refractivity contribution in [3.63, 3.8) is 0 Å². The highest BCUT2D eigenvalue weighted by atomic mass is 16.6. The maximum absolute atomic E-state index is 11.7. The van der Waals surface area contributed by atoms with Crippen molar-refractivity contribution in [3.8, 4) is 0 Å². The third-order valence-electron chi connectivity index (χ3n) is 3.37. The molecule has 1 rings (SSSR count). The minimum absolute atomic E-state index is 0.0125. The van der Waals surface area contributed by atoms with Gasteiger partial charge in [-0.1, -0.05) is 27.7 Å². The van der Waals surface area contributed by atoms with E-state index < -0.39 is 36.5 Å². The maximum Gasteiger partial charge on any atom is 0.306 e. The van der Waals surface area contributed by atoms with Gasteiger partial charge >= 0.3 is 11.9 Å². The minimum atomic E-state index is -1.18. The normalized spacial score (nSPS) is 28.0.